The minimum absolute atomic E-state index is 0.173. The highest BCUT2D eigenvalue weighted by molar-refractivity contribution is 7.17. The number of pyridine rings is 1. The van der Waals surface area contributed by atoms with Gasteiger partial charge in [0.05, 0.1) is 0 Å². The van der Waals surface area contributed by atoms with Gasteiger partial charge in [0.1, 0.15) is 11.0 Å². The molecule has 5 nitrogen and oxygen atoms in total. The van der Waals surface area contributed by atoms with Crippen molar-refractivity contribution in [3.8, 4) is 0 Å². The third-order valence-electron chi connectivity index (χ3n) is 1.55. The standard InChI is InChI=1S/C8H4Cl2N4OS/c9-4-2-1-3-5(11-4)12-6(15)7-13-14-8(10)16-7/h1-3H,(H,11,12,15). The highest BCUT2D eigenvalue weighted by Gasteiger charge is 2.12. The quantitative estimate of drug-likeness (QED) is 0.855. The molecule has 1 amide bonds. The number of hydrogen-bond donors (Lipinski definition) is 1. The summed E-state index contributed by atoms with van der Waals surface area (Å²) < 4.78 is 0.212. The van der Waals surface area contributed by atoms with E-state index < -0.39 is 5.91 Å². The van der Waals surface area contributed by atoms with Gasteiger partial charge in [-0.05, 0) is 23.7 Å². The summed E-state index contributed by atoms with van der Waals surface area (Å²) in [6.45, 7) is 0. The van der Waals surface area contributed by atoms with Crippen molar-refractivity contribution in [3.05, 3.63) is 32.8 Å². The molecule has 0 fully saturated rings. The molecular formula is C8H4Cl2N4OS. The molecule has 0 bridgehead atoms. The maximum absolute atomic E-state index is 11.6. The molecule has 0 aromatic carbocycles. The Labute approximate surface area is 104 Å². The lowest BCUT2D eigenvalue weighted by Crippen LogP contribution is -2.12. The van der Waals surface area contributed by atoms with Gasteiger partial charge in [0, 0.05) is 0 Å². The van der Waals surface area contributed by atoms with Crippen molar-refractivity contribution in [3.63, 3.8) is 0 Å². The highest BCUT2D eigenvalue weighted by atomic mass is 35.5. The van der Waals surface area contributed by atoms with E-state index in [1.54, 1.807) is 18.2 Å². The van der Waals surface area contributed by atoms with E-state index in [1.807, 2.05) is 0 Å². The van der Waals surface area contributed by atoms with Crippen LogP contribution in [0.15, 0.2) is 18.2 Å². The number of halogens is 2. The Morgan fingerprint density at radius 1 is 1.31 bits per heavy atom. The largest absolute Gasteiger partial charge is 0.304 e. The van der Waals surface area contributed by atoms with Crippen LogP contribution in [0.2, 0.25) is 9.62 Å². The molecule has 2 aromatic rings. The van der Waals surface area contributed by atoms with Crippen LogP contribution in [0.25, 0.3) is 0 Å². The number of anilines is 1. The Kier molecular flexibility index (Phi) is 3.33. The molecule has 0 saturated heterocycles. The average molecular weight is 275 g/mol. The van der Waals surface area contributed by atoms with E-state index in [2.05, 4.69) is 20.5 Å². The fourth-order valence-electron chi connectivity index (χ4n) is 0.945. The number of nitrogens with zero attached hydrogens (tertiary/aromatic N) is 3. The number of hydrogen-bond acceptors (Lipinski definition) is 5. The Morgan fingerprint density at radius 2 is 2.12 bits per heavy atom. The van der Waals surface area contributed by atoms with Crippen molar-refractivity contribution in [2.45, 2.75) is 0 Å². The second-order valence-electron chi connectivity index (χ2n) is 2.66. The van der Waals surface area contributed by atoms with Crippen molar-refractivity contribution in [2.75, 3.05) is 5.32 Å². The fraction of sp³-hybridized carbons (Fsp3) is 0. The van der Waals surface area contributed by atoms with E-state index in [-0.39, 0.29) is 9.47 Å². The number of nitrogens with one attached hydrogen (secondary N) is 1. The lowest BCUT2D eigenvalue weighted by atomic mass is 10.4. The van der Waals surface area contributed by atoms with Crippen molar-refractivity contribution >= 4 is 46.3 Å². The third kappa shape index (κ3) is 2.66. The second-order valence-corrected chi connectivity index (χ2v) is 4.61. The average Bonchev–Trinajstić information content (AvgIpc) is 2.65. The fourth-order valence-corrected chi connectivity index (χ4v) is 1.83. The minimum Gasteiger partial charge on any atom is -0.304 e. The van der Waals surface area contributed by atoms with Crippen LogP contribution < -0.4 is 5.32 Å². The number of rotatable bonds is 2. The van der Waals surface area contributed by atoms with Crippen LogP contribution >= 0.6 is 34.5 Å². The molecule has 0 atom stereocenters. The summed E-state index contributed by atoms with van der Waals surface area (Å²) >= 11 is 12.2. The molecule has 0 spiro atoms. The zero-order valence-electron chi connectivity index (χ0n) is 7.65. The molecule has 2 heterocycles. The molecule has 2 aromatic heterocycles. The Bertz CT molecular complexity index is 530. The molecule has 0 aliphatic heterocycles. The molecule has 2 rings (SSSR count). The Balaban J connectivity index is 2.13. The Hall–Kier alpha value is -1.24. The molecule has 0 saturated carbocycles. The molecule has 0 radical (unpaired) electrons. The molecule has 0 aliphatic carbocycles. The van der Waals surface area contributed by atoms with Crippen LogP contribution in [-0.2, 0) is 0 Å². The first-order valence-electron chi connectivity index (χ1n) is 4.08. The first kappa shape index (κ1) is 11.3. The predicted octanol–water partition coefficient (Wildman–Crippen LogP) is 2.49. The van der Waals surface area contributed by atoms with Crippen molar-refractivity contribution in [1.29, 1.82) is 0 Å². The lowest BCUT2D eigenvalue weighted by molar-refractivity contribution is 0.102. The van der Waals surface area contributed by atoms with Crippen LogP contribution in [-0.4, -0.2) is 21.1 Å². The number of amides is 1. The summed E-state index contributed by atoms with van der Waals surface area (Å²) in [6, 6.07) is 4.91. The number of carbonyl (C=O) groups is 1. The van der Waals surface area contributed by atoms with Crippen LogP contribution in [0.1, 0.15) is 9.80 Å². The van der Waals surface area contributed by atoms with Gasteiger partial charge < -0.3 is 5.32 Å². The van der Waals surface area contributed by atoms with E-state index in [1.165, 1.54) is 0 Å². The van der Waals surface area contributed by atoms with E-state index >= 15 is 0 Å². The van der Waals surface area contributed by atoms with Gasteiger partial charge in [-0.25, -0.2) is 4.98 Å². The number of aromatic nitrogens is 3. The van der Waals surface area contributed by atoms with Crippen LogP contribution in [0, 0.1) is 0 Å². The van der Waals surface area contributed by atoms with Crippen molar-refractivity contribution in [1.82, 2.24) is 15.2 Å². The third-order valence-corrected chi connectivity index (χ3v) is 2.78. The normalized spacial score (nSPS) is 10.1. The summed E-state index contributed by atoms with van der Waals surface area (Å²) in [6.07, 6.45) is 0. The summed E-state index contributed by atoms with van der Waals surface area (Å²) in [5, 5.41) is 10.1. The maximum atomic E-state index is 11.6. The summed E-state index contributed by atoms with van der Waals surface area (Å²) in [4.78, 5) is 15.5. The molecule has 16 heavy (non-hydrogen) atoms. The van der Waals surface area contributed by atoms with Crippen LogP contribution in [0.4, 0.5) is 5.82 Å². The zero-order valence-corrected chi connectivity index (χ0v) is 9.97. The topological polar surface area (TPSA) is 67.8 Å². The lowest BCUT2D eigenvalue weighted by Gasteiger charge is -2.00. The van der Waals surface area contributed by atoms with Crippen LogP contribution in [0.5, 0.6) is 0 Å². The molecule has 8 heteroatoms. The summed E-state index contributed by atoms with van der Waals surface area (Å²) in [5.74, 6) is -0.0667. The monoisotopic (exact) mass is 274 g/mol. The van der Waals surface area contributed by atoms with Gasteiger partial charge >= 0.3 is 0 Å². The smallest absolute Gasteiger partial charge is 0.287 e. The van der Waals surface area contributed by atoms with Gasteiger partial charge in [0.15, 0.2) is 0 Å². The van der Waals surface area contributed by atoms with Gasteiger partial charge in [-0.15, -0.1) is 10.2 Å². The maximum Gasteiger partial charge on any atom is 0.287 e. The summed E-state index contributed by atoms with van der Waals surface area (Å²) in [5.41, 5.74) is 0. The van der Waals surface area contributed by atoms with Crippen molar-refractivity contribution in [2.24, 2.45) is 0 Å². The van der Waals surface area contributed by atoms with Gasteiger partial charge in [-0.2, -0.15) is 0 Å². The van der Waals surface area contributed by atoms with Crippen molar-refractivity contribution < 1.29 is 4.79 Å². The van der Waals surface area contributed by atoms with E-state index in [4.69, 9.17) is 23.2 Å². The molecule has 0 aliphatic rings. The first-order valence-corrected chi connectivity index (χ1v) is 5.65. The minimum atomic E-state index is -0.417. The van der Waals surface area contributed by atoms with Gasteiger partial charge in [-0.1, -0.05) is 29.0 Å². The van der Waals surface area contributed by atoms with Gasteiger partial charge in [0.25, 0.3) is 5.91 Å². The number of carbonyl (C=O) groups excluding carboxylic acids is 1. The molecular weight excluding hydrogens is 271 g/mol. The molecule has 1 N–H and O–H groups in total. The first-order chi connectivity index (χ1) is 7.65. The molecule has 82 valence electrons. The second kappa shape index (κ2) is 4.73. The van der Waals surface area contributed by atoms with Gasteiger partial charge in [-0.3, -0.25) is 4.79 Å². The predicted molar refractivity (Wildman–Crippen MR) is 62.1 cm³/mol. The van der Waals surface area contributed by atoms with E-state index in [0.717, 1.165) is 11.3 Å². The van der Waals surface area contributed by atoms with Gasteiger partial charge in [0.2, 0.25) is 9.47 Å². The molecule has 0 unspecified atom stereocenters. The zero-order chi connectivity index (χ0) is 11.5. The Morgan fingerprint density at radius 3 is 2.75 bits per heavy atom. The SMILES string of the molecule is O=C(Nc1cccc(Cl)n1)c1nnc(Cl)s1. The van der Waals surface area contributed by atoms with E-state index in [9.17, 15) is 4.79 Å². The highest BCUT2D eigenvalue weighted by Crippen LogP contribution is 2.16. The van der Waals surface area contributed by atoms with Crippen LogP contribution in [0.3, 0.4) is 0 Å². The summed E-state index contributed by atoms with van der Waals surface area (Å²) in [7, 11) is 0. The van der Waals surface area contributed by atoms with E-state index in [0.29, 0.717) is 11.0 Å².